The van der Waals surface area contributed by atoms with E-state index in [0.29, 0.717) is 17.0 Å². The summed E-state index contributed by atoms with van der Waals surface area (Å²) in [5.74, 6) is -0.656. The monoisotopic (exact) mass is 317 g/mol. The Bertz CT molecular complexity index is 708. The van der Waals surface area contributed by atoms with Crippen molar-refractivity contribution in [3.8, 4) is 0 Å². The molecule has 2 rings (SSSR count). The van der Waals surface area contributed by atoms with Crippen LogP contribution in [0, 0.1) is 13.8 Å². The van der Waals surface area contributed by atoms with Gasteiger partial charge in [-0.2, -0.15) is 0 Å². The molecule has 2 aromatic rings. The number of hydrogen-bond acceptors (Lipinski definition) is 4. The first-order valence-electron chi connectivity index (χ1n) is 7.10. The van der Waals surface area contributed by atoms with Crippen molar-refractivity contribution in [1.29, 1.82) is 0 Å². The lowest BCUT2D eigenvalue weighted by Crippen LogP contribution is -2.52. The second-order valence-corrected chi connectivity index (χ2v) is 5.54. The number of aromatic nitrogens is 1. The summed E-state index contributed by atoms with van der Waals surface area (Å²) in [6.07, 6.45) is 0. The molecule has 0 fully saturated rings. The number of aryl methyl sites for hydroxylation is 2. The SMILES string of the molecule is Cc1ccc([C@@](C)(NC(=O)NCc2cc(C)no2)C(=O)O)cc1. The van der Waals surface area contributed by atoms with Gasteiger partial charge in [0.25, 0.3) is 0 Å². The highest BCUT2D eigenvalue weighted by molar-refractivity contribution is 5.87. The number of carboxylic acid groups (broad SMARTS) is 1. The molecular formula is C16H19N3O4. The fourth-order valence-corrected chi connectivity index (χ4v) is 2.07. The summed E-state index contributed by atoms with van der Waals surface area (Å²) < 4.78 is 4.98. The van der Waals surface area contributed by atoms with Crippen LogP contribution in [0.1, 0.15) is 29.5 Å². The lowest BCUT2D eigenvalue weighted by atomic mass is 9.91. The quantitative estimate of drug-likeness (QED) is 0.783. The minimum atomic E-state index is -1.53. The molecule has 1 aromatic carbocycles. The maximum atomic E-state index is 12.0. The van der Waals surface area contributed by atoms with E-state index in [0.717, 1.165) is 5.56 Å². The Balaban J connectivity index is 2.07. The zero-order valence-corrected chi connectivity index (χ0v) is 13.2. The number of rotatable bonds is 5. The molecule has 1 aromatic heterocycles. The normalized spacial score (nSPS) is 13.2. The van der Waals surface area contributed by atoms with E-state index < -0.39 is 17.5 Å². The van der Waals surface area contributed by atoms with Gasteiger partial charge in [-0.25, -0.2) is 9.59 Å². The van der Waals surface area contributed by atoms with Gasteiger partial charge in [-0.3, -0.25) is 0 Å². The van der Waals surface area contributed by atoms with Crippen LogP contribution >= 0.6 is 0 Å². The fourth-order valence-electron chi connectivity index (χ4n) is 2.07. The number of carbonyl (C=O) groups is 2. The Morgan fingerprint density at radius 1 is 1.26 bits per heavy atom. The smallest absolute Gasteiger partial charge is 0.333 e. The molecule has 7 nitrogen and oxygen atoms in total. The van der Waals surface area contributed by atoms with Crippen LogP contribution in [0.2, 0.25) is 0 Å². The number of benzene rings is 1. The Hall–Kier alpha value is -2.83. The lowest BCUT2D eigenvalue weighted by molar-refractivity contribution is -0.144. The molecule has 1 heterocycles. The molecule has 0 saturated carbocycles. The molecule has 122 valence electrons. The van der Waals surface area contributed by atoms with Crippen LogP contribution in [0.15, 0.2) is 34.9 Å². The molecule has 0 saturated heterocycles. The van der Waals surface area contributed by atoms with E-state index in [1.165, 1.54) is 6.92 Å². The topological polar surface area (TPSA) is 104 Å². The maximum Gasteiger partial charge on any atom is 0.333 e. The number of nitrogens with one attached hydrogen (secondary N) is 2. The molecule has 7 heteroatoms. The molecule has 3 N–H and O–H groups in total. The van der Waals surface area contributed by atoms with Crippen LogP contribution in [-0.4, -0.2) is 22.3 Å². The van der Waals surface area contributed by atoms with Crippen LogP contribution in [0.5, 0.6) is 0 Å². The predicted molar refractivity (Wildman–Crippen MR) is 82.8 cm³/mol. The van der Waals surface area contributed by atoms with E-state index in [9.17, 15) is 14.7 Å². The summed E-state index contributed by atoms with van der Waals surface area (Å²) in [7, 11) is 0. The van der Waals surface area contributed by atoms with Crippen molar-refractivity contribution < 1.29 is 19.2 Å². The van der Waals surface area contributed by atoms with E-state index >= 15 is 0 Å². The number of hydrogen-bond donors (Lipinski definition) is 3. The first kappa shape index (κ1) is 16.5. The lowest BCUT2D eigenvalue weighted by Gasteiger charge is -2.27. The summed E-state index contributed by atoms with van der Waals surface area (Å²) in [6.45, 7) is 5.24. The zero-order valence-electron chi connectivity index (χ0n) is 13.2. The summed E-state index contributed by atoms with van der Waals surface area (Å²) in [6, 6.07) is 8.05. The van der Waals surface area contributed by atoms with Crippen LogP contribution in [0.4, 0.5) is 4.79 Å². The van der Waals surface area contributed by atoms with Crippen molar-refractivity contribution in [3.63, 3.8) is 0 Å². The van der Waals surface area contributed by atoms with Crippen LogP contribution in [0.25, 0.3) is 0 Å². The van der Waals surface area contributed by atoms with Crippen LogP contribution in [-0.2, 0) is 16.9 Å². The molecule has 0 bridgehead atoms. The Morgan fingerprint density at radius 3 is 2.43 bits per heavy atom. The van der Waals surface area contributed by atoms with E-state index in [-0.39, 0.29) is 6.54 Å². The average molecular weight is 317 g/mol. The van der Waals surface area contributed by atoms with Crippen molar-refractivity contribution in [2.24, 2.45) is 0 Å². The molecule has 23 heavy (non-hydrogen) atoms. The van der Waals surface area contributed by atoms with E-state index in [1.807, 2.05) is 6.92 Å². The van der Waals surface area contributed by atoms with Gasteiger partial charge < -0.3 is 20.3 Å². The van der Waals surface area contributed by atoms with Gasteiger partial charge in [-0.15, -0.1) is 0 Å². The fraction of sp³-hybridized carbons (Fsp3) is 0.312. The summed E-state index contributed by atoms with van der Waals surface area (Å²) >= 11 is 0. The number of carboxylic acids is 1. The third-order valence-corrected chi connectivity index (χ3v) is 3.52. The van der Waals surface area contributed by atoms with E-state index in [2.05, 4.69) is 15.8 Å². The van der Waals surface area contributed by atoms with E-state index in [1.54, 1.807) is 37.3 Å². The van der Waals surface area contributed by atoms with E-state index in [4.69, 9.17) is 4.52 Å². The van der Waals surface area contributed by atoms with Crippen LogP contribution < -0.4 is 10.6 Å². The molecule has 1 atom stereocenters. The number of amides is 2. The van der Waals surface area contributed by atoms with Crippen LogP contribution in [0.3, 0.4) is 0 Å². The minimum absolute atomic E-state index is 0.121. The number of nitrogens with zero attached hydrogens (tertiary/aromatic N) is 1. The second kappa shape index (κ2) is 6.51. The van der Waals surface area contributed by atoms with Gasteiger partial charge in [-0.05, 0) is 26.3 Å². The van der Waals surface area contributed by atoms with Crippen molar-refractivity contribution >= 4 is 12.0 Å². The maximum absolute atomic E-state index is 12.0. The molecular weight excluding hydrogens is 298 g/mol. The highest BCUT2D eigenvalue weighted by Gasteiger charge is 2.36. The number of urea groups is 1. The second-order valence-electron chi connectivity index (χ2n) is 5.54. The third-order valence-electron chi connectivity index (χ3n) is 3.52. The molecule has 0 radical (unpaired) electrons. The summed E-state index contributed by atoms with van der Waals surface area (Å²) in [5, 5.41) is 18.3. The van der Waals surface area contributed by atoms with Gasteiger partial charge in [0.15, 0.2) is 11.3 Å². The van der Waals surface area contributed by atoms with Crippen molar-refractivity contribution in [3.05, 3.63) is 52.9 Å². The Kier molecular flexibility index (Phi) is 4.68. The molecule has 2 amide bonds. The average Bonchev–Trinajstić information content (AvgIpc) is 2.91. The van der Waals surface area contributed by atoms with Crippen molar-refractivity contribution in [1.82, 2.24) is 15.8 Å². The van der Waals surface area contributed by atoms with Crippen molar-refractivity contribution in [2.45, 2.75) is 32.9 Å². The summed E-state index contributed by atoms with van der Waals surface area (Å²) in [5.41, 5.74) is 0.667. The first-order chi connectivity index (χ1) is 10.8. The number of carbonyl (C=O) groups excluding carboxylic acids is 1. The Labute approximate surface area is 133 Å². The number of aliphatic carboxylic acids is 1. The zero-order chi connectivity index (χ0) is 17.0. The van der Waals surface area contributed by atoms with Gasteiger partial charge >= 0.3 is 12.0 Å². The summed E-state index contributed by atoms with van der Waals surface area (Å²) in [4.78, 5) is 23.7. The van der Waals surface area contributed by atoms with Gasteiger partial charge in [-0.1, -0.05) is 35.0 Å². The predicted octanol–water partition coefficient (Wildman–Crippen LogP) is 2.09. The highest BCUT2D eigenvalue weighted by Crippen LogP contribution is 2.21. The Morgan fingerprint density at radius 2 is 1.91 bits per heavy atom. The van der Waals surface area contributed by atoms with Gasteiger partial charge in [0.05, 0.1) is 12.2 Å². The van der Waals surface area contributed by atoms with Crippen molar-refractivity contribution in [2.75, 3.05) is 0 Å². The molecule has 0 aliphatic carbocycles. The molecule has 0 spiro atoms. The highest BCUT2D eigenvalue weighted by atomic mass is 16.5. The largest absolute Gasteiger partial charge is 0.479 e. The minimum Gasteiger partial charge on any atom is -0.479 e. The van der Waals surface area contributed by atoms with Gasteiger partial charge in [0.1, 0.15) is 0 Å². The van der Waals surface area contributed by atoms with Gasteiger partial charge in [0.2, 0.25) is 0 Å². The molecule has 0 unspecified atom stereocenters. The van der Waals surface area contributed by atoms with Gasteiger partial charge in [0, 0.05) is 6.07 Å². The third kappa shape index (κ3) is 3.88. The standard InChI is InChI=1S/C16H19N3O4/c1-10-4-6-12(7-5-10)16(3,14(20)21)18-15(22)17-9-13-8-11(2)19-23-13/h4-8H,9H2,1-3H3,(H,20,21)(H2,17,18,22)/t16-/m1/s1. The molecule has 0 aliphatic rings. The molecule has 0 aliphatic heterocycles. The first-order valence-corrected chi connectivity index (χ1v) is 7.10.